The van der Waals surface area contributed by atoms with Gasteiger partial charge in [0.25, 0.3) is 0 Å². The van der Waals surface area contributed by atoms with Gasteiger partial charge in [-0.25, -0.2) is 0 Å². The highest BCUT2D eigenvalue weighted by atomic mass is 16.7. The molecule has 0 bridgehead atoms. The van der Waals surface area contributed by atoms with Gasteiger partial charge in [0.15, 0.2) is 0 Å². The third-order valence-corrected chi connectivity index (χ3v) is 3.56. The monoisotopic (exact) mass is 199 g/mol. The number of rotatable bonds is 3. The summed E-state index contributed by atoms with van der Waals surface area (Å²) in [6, 6.07) is 0.374. The maximum Gasteiger partial charge on any atom is 0.147 e. The van der Waals surface area contributed by atoms with E-state index in [1.54, 1.807) is 0 Å². The first kappa shape index (κ1) is 10.4. The van der Waals surface area contributed by atoms with E-state index < -0.39 is 0 Å². The average molecular weight is 199 g/mol. The SMILES string of the molecule is CCC(N)CC1CCC2OCOC2C1. The van der Waals surface area contributed by atoms with Gasteiger partial charge in [-0.3, -0.25) is 0 Å². The summed E-state index contributed by atoms with van der Waals surface area (Å²) in [7, 11) is 0. The van der Waals surface area contributed by atoms with Gasteiger partial charge in [0.05, 0.1) is 12.2 Å². The minimum Gasteiger partial charge on any atom is -0.349 e. The highest BCUT2D eigenvalue weighted by Gasteiger charge is 2.35. The molecule has 1 heterocycles. The first-order chi connectivity index (χ1) is 6.79. The van der Waals surface area contributed by atoms with Crippen LogP contribution in [0.3, 0.4) is 0 Å². The Morgan fingerprint density at radius 1 is 1.29 bits per heavy atom. The van der Waals surface area contributed by atoms with Crippen molar-refractivity contribution < 1.29 is 9.47 Å². The molecule has 2 rings (SSSR count). The van der Waals surface area contributed by atoms with Gasteiger partial charge in [0.1, 0.15) is 6.79 Å². The second kappa shape index (κ2) is 4.60. The molecule has 2 N–H and O–H groups in total. The van der Waals surface area contributed by atoms with Crippen LogP contribution in [0.1, 0.15) is 39.0 Å². The standard InChI is InChI=1S/C11H21NO2/c1-2-9(12)5-8-3-4-10-11(6-8)14-7-13-10/h8-11H,2-7,12H2,1H3. The van der Waals surface area contributed by atoms with Crippen molar-refractivity contribution in [1.29, 1.82) is 0 Å². The van der Waals surface area contributed by atoms with E-state index in [-0.39, 0.29) is 0 Å². The van der Waals surface area contributed by atoms with Crippen molar-refractivity contribution in [2.75, 3.05) is 6.79 Å². The molecule has 4 atom stereocenters. The lowest BCUT2D eigenvalue weighted by Crippen LogP contribution is -2.34. The predicted octanol–water partition coefficient (Wildman–Crippen LogP) is 1.66. The van der Waals surface area contributed by atoms with Crippen LogP contribution in [0.5, 0.6) is 0 Å². The maximum atomic E-state index is 5.97. The lowest BCUT2D eigenvalue weighted by Gasteiger charge is -2.30. The summed E-state index contributed by atoms with van der Waals surface area (Å²) in [6.07, 6.45) is 6.55. The molecule has 2 aliphatic rings. The van der Waals surface area contributed by atoms with Crippen LogP contribution >= 0.6 is 0 Å². The smallest absolute Gasteiger partial charge is 0.147 e. The maximum absolute atomic E-state index is 5.97. The first-order valence-corrected chi connectivity index (χ1v) is 5.78. The van der Waals surface area contributed by atoms with Crippen LogP contribution in [0.4, 0.5) is 0 Å². The molecule has 0 aromatic heterocycles. The van der Waals surface area contributed by atoms with Gasteiger partial charge in [0, 0.05) is 6.04 Å². The molecule has 0 spiro atoms. The van der Waals surface area contributed by atoms with Gasteiger partial charge in [0.2, 0.25) is 0 Å². The van der Waals surface area contributed by atoms with Crippen LogP contribution in [-0.4, -0.2) is 25.0 Å². The molecule has 0 amide bonds. The molecule has 1 aliphatic carbocycles. The lowest BCUT2D eigenvalue weighted by atomic mass is 9.81. The molecule has 4 unspecified atom stereocenters. The minimum atomic E-state index is 0.359. The summed E-state index contributed by atoms with van der Waals surface area (Å²) < 4.78 is 11.0. The van der Waals surface area contributed by atoms with E-state index in [0.29, 0.717) is 25.0 Å². The quantitative estimate of drug-likeness (QED) is 0.751. The molecule has 3 heteroatoms. The van der Waals surface area contributed by atoms with Gasteiger partial charge in [-0.2, -0.15) is 0 Å². The number of fused-ring (bicyclic) bond motifs is 1. The van der Waals surface area contributed by atoms with Gasteiger partial charge in [-0.05, 0) is 38.0 Å². The van der Waals surface area contributed by atoms with Crippen molar-refractivity contribution >= 4 is 0 Å². The first-order valence-electron chi connectivity index (χ1n) is 5.78. The van der Waals surface area contributed by atoms with Crippen LogP contribution in [0.2, 0.25) is 0 Å². The second-order valence-electron chi connectivity index (χ2n) is 4.61. The Morgan fingerprint density at radius 3 is 2.86 bits per heavy atom. The molecule has 1 saturated heterocycles. The van der Waals surface area contributed by atoms with E-state index in [1.165, 1.54) is 6.42 Å². The number of hydrogen-bond acceptors (Lipinski definition) is 3. The van der Waals surface area contributed by atoms with E-state index in [9.17, 15) is 0 Å². The van der Waals surface area contributed by atoms with Crippen LogP contribution < -0.4 is 5.73 Å². The Bertz CT molecular complexity index is 186. The minimum absolute atomic E-state index is 0.359. The average Bonchev–Trinajstić information content (AvgIpc) is 2.64. The topological polar surface area (TPSA) is 44.5 Å². The van der Waals surface area contributed by atoms with Crippen molar-refractivity contribution in [3.8, 4) is 0 Å². The third kappa shape index (κ3) is 2.27. The molecule has 82 valence electrons. The summed E-state index contributed by atoms with van der Waals surface area (Å²) in [5, 5.41) is 0. The molecule has 14 heavy (non-hydrogen) atoms. The van der Waals surface area contributed by atoms with Gasteiger partial charge in [-0.1, -0.05) is 6.92 Å². The Labute approximate surface area is 85.9 Å². The zero-order chi connectivity index (χ0) is 9.97. The van der Waals surface area contributed by atoms with Crippen molar-refractivity contribution in [3.63, 3.8) is 0 Å². The van der Waals surface area contributed by atoms with Crippen LogP contribution in [0.25, 0.3) is 0 Å². The molecule has 3 nitrogen and oxygen atoms in total. The molecular formula is C11H21NO2. The second-order valence-corrected chi connectivity index (χ2v) is 4.61. The predicted molar refractivity (Wildman–Crippen MR) is 54.8 cm³/mol. The van der Waals surface area contributed by atoms with Crippen molar-refractivity contribution in [2.24, 2.45) is 11.7 Å². The van der Waals surface area contributed by atoms with Crippen molar-refractivity contribution in [3.05, 3.63) is 0 Å². The largest absolute Gasteiger partial charge is 0.349 e. The summed E-state index contributed by atoms with van der Waals surface area (Å²) in [6.45, 7) is 2.66. The Balaban J connectivity index is 1.79. The molecule has 1 saturated carbocycles. The van der Waals surface area contributed by atoms with Crippen LogP contribution in [0, 0.1) is 5.92 Å². The highest BCUT2D eigenvalue weighted by Crippen LogP contribution is 2.34. The van der Waals surface area contributed by atoms with Crippen molar-refractivity contribution in [2.45, 2.75) is 57.3 Å². The molecule has 2 fully saturated rings. The molecule has 1 aliphatic heterocycles. The van der Waals surface area contributed by atoms with E-state index in [2.05, 4.69) is 6.92 Å². The molecule has 0 aromatic carbocycles. The number of ether oxygens (including phenoxy) is 2. The highest BCUT2D eigenvalue weighted by molar-refractivity contribution is 4.85. The molecule has 0 aromatic rings. The zero-order valence-electron chi connectivity index (χ0n) is 8.95. The van der Waals surface area contributed by atoms with Gasteiger partial charge >= 0.3 is 0 Å². The summed E-state index contributed by atoms with van der Waals surface area (Å²) in [5.41, 5.74) is 5.97. The Morgan fingerprint density at radius 2 is 2.07 bits per heavy atom. The van der Waals surface area contributed by atoms with E-state index in [4.69, 9.17) is 15.2 Å². The normalized spacial score (nSPS) is 39.4. The Hall–Kier alpha value is -0.120. The fraction of sp³-hybridized carbons (Fsp3) is 1.00. The molecular weight excluding hydrogens is 178 g/mol. The van der Waals surface area contributed by atoms with E-state index in [1.807, 2.05) is 0 Å². The summed E-state index contributed by atoms with van der Waals surface area (Å²) in [4.78, 5) is 0. The van der Waals surface area contributed by atoms with Crippen molar-refractivity contribution in [1.82, 2.24) is 0 Å². The van der Waals surface area contributed by atoms with Crippen LogP contribution in [-0.2, 0) is 9.47 Å². The number of nitrogens with two attached hydrogens (primary N) is 1. The molecule has 0 radical (unpaired) electrons. The fourth-order valence-electron chi connectivity index (χ4n) is 2.57. The summed E-state index contributed by atoms with van der Waals surface area (Å²) >= 11 is 0. The van der Waals surface area contributed by atoms with E-state index in [0.717, 1.165) is 31.6 Å². The number of hydrogen-bond donors (Lipinski definition) is 1. The van der Waals surface area contributed by atoms with E-state index >= 15 is 0 Å². The Kier molecular flexibility index (Phi) is 3.42. The zero-order valence-corrected chi connectivity index (χ0v) is 8.95. The summed E-state index contributed by atoms with van der Waals surface area (Å²) in [5.74, 6) is 0.757. The van der Waals surface area contributed by atoms with Crippen LogP contribution in [0.15, 0.2) is 0 Å². The lowest BCUT2D eigenvalue weighted by molar-refractivity contribution is 0.0386. The van der Waals surface area contributed by atoms with Gasteiger partial charge in [-0.15, -0.1) is 0 Å². The van der Waals surface area contributed by atoms with Gasteiger partial charge < -0.3 is 15.2 Å². The fourth-order valence-corrected chi connectivity index (χ4v) is 2.57. The third-order valence-electron chi connectivity index (χ3n) is 3.56.